The van der Waals surface area contributed by atoms with Crippen LogP contribution in [0.1, 0.15) is 68.6 Å². The van der Waals surface area contributed by atoms with Gasteiger partial charge in [0, 0.05) is 54.1 Å². The number of carbonyl (C=O) groups excluding carboxylic acids is 1. The Morgan fingerprint density at radius 3 is 2.12 bits per heavy atom. The van der Waals surface area contributed by atoms with Crippen LogP contribution >= 0.6 is 0 Å². The summed E-state index contributed by atoms with van der Waals surface area (Å²) in [6.45, 7) is 7.79. The molecule has 0 saturated carbocycles. The van der Waals surface area contributed by atoms with Crippen molar-refractivity contribution in [3.63, 3.8) is 0 Å². The molecular weight excluding hydrogens is 640 g/mol. The lowest BCUT2D eigenvalue weighted by Crippen LogP contribution is -2.58. The fraction of sp³-hybridized carbons (Fsp3) is 0.450. The number of anilines is 1. The first-order chi connectivity index (χ1) is 24.2. The van der Waals surface area contributed by atoms with Crippen LogP contribution in [0.3, 0.4) is 0 Å². The summed E-state index contributed by atoms with van der Waals surface area (Å²) >= 11 is 0. The molecule has 4 aromatic rings. The van der Waals surface area contributed by atoms with Gasteiger partial charge in [0.15, 0.2) is 0 Å². The first kappa shape index (κ1) is 35.4. The van der Waals surface area contributed by atoms with Crippen LogP contribution in [0, 0.1) is 17.6 Å². The van der Waals surface area contributed by atoms with Gasteiger partial charge in [-0.25, -0.2) is 8.78 Å². The van der Waals surface area contributed by atoms with Gasteiger partial charge in [0.1, 0.15) is 34.4 Å². The third-order valence-electron chi connectivity index (χ3n) is 10.6. The number of ether oxygens (including phenoxy) is 3. The van der Waals surface area contributed by atoms with E-state index in [9.17, 15) is 18.4 Å². The molecule has 3 saturated heterocycles. The van der Waals surface area contributed by atoms with Gasteiger partial charge in [0.2, 0.25) is 5.43 Å². The Morgan fingerprint density at radius 1 is 0.840 bits per heavy atom. The van der Waals surface area contributed by atoms with E-state index in [-0.39, 0.29) is 23.2 Å². The molecule has 4 heterocycles. The Kier molecular flexibility index (Phi) is 11.1. The molecule has 3 aromatic carbocycles. The second-order valence-electron chi connectivity index (χ2n) is 13.8. The molecule has 0 radical (unpaired) electrons. The smallest absolute Gasteiger partial charge is 0.263 e. The number of piperidine rings is 3. The number of aromatic nitrogens is 1. The number of halogens is 2. The topological polar surface area (TPSA) is 70.0 Å². The number of hydrogen-bond donors (Lipinski definition) is 0. The molecule has 0 unspecified atom stereocenters. The van der Waals surface area contributed by atoms with Crippen molar-refractivity contribution in [2.75, 3.05) is 58.5 Å². The van der Waals surface area contributed by atoms with E-state index in [1.807, 2.05) is 0 Å². The number of carbonyl (C=O) groups is 1. The van der Waals surface area contributed by atoms with E-state index in [2.05, 4.69) is 0 Å². The van der Waals surface area contributed by atoms with E-state index in [0.717, 1.165) is 37.0 Å². The molecule has 1 amide bonds. The number of amides is 1. The van der Waals surface area contributed by atoms with Crippen LogP contribution in [0.25, 0.3) is 16.6 Å². The summed E-state index contributed by atoms with van der Waals surface area (Å²) < 4.78 is 48.5. The number of hydrogen-bond acceptors (Lipinski definition) is 5. The summed E-state index contributed by atoms with van der Waals surface area (Å²) in [5.41, 5.74) is 0.458. The summed E-state index contributed by atoms with van der Waals surface area (Å²) in [5.74, 6) is 0.308. The second kappa shape index (κ2) is 15.6. The molecule has 0 spiro atoms. The van der Waals surface area contributed by atoms with Gasteiger partial charge in [0.25, 0.3) is 5.91 Å². The molecule has 50 heavy (non-hydrogen) atoms. The highest BCUT2D eigenvalue weighted by molar-refractivity contribution is 6.07. The minimum atomic E-state index is -0.821. The number of unbranched alkanes of at least 4 members (excludes halogenated alkanes) is 4. The van der Waals surface area contributed by atoms with Gasteiger partial charge in [-0.15, -0.1) is 0 Å². The SMILES string of the molecule is CCN(C(=O)c1cn(-c2cc(OC)cc(OC)c2)c2cc(OCCCCCCC[N+]34CCC(CC3)CC4)ccc2c1=O)c1cc(F)cc(F)c1. The first-order valence-electron chi connectivity index (χ1n) is 17.9. The van der Waals surface area contributed by atoms with Crippen molar-refractivity contribution >= 4 is 22.5 Å². The third kappa shape index (κ3) is 7.80. The molecule has 2 bridgehead atoms. The Bertz CT molecular complexity index is 1830. The van der Waals surface area contributed by atoms with E-state index >= 15 is 0 Å². The molecule has 0 N–H and O–H groups in total. The van der Waals surface area contributed by atoms with E-state index in [1.54, 1.807) is 62.1 Å². The summed E-state index contributed by atoms with van der Waals surface area (Å²) in [4.78, 5) is 29.0. The van der Waals surface area contributed by atoms with Crippen molar-refractivity contribution in [2.24, 2.45) is 5.92 Å². The van der Waals surface area contributed by atoms with Gasteiger partial charge in [-0.05, 0) is 75.6 Å². The molecule has 0 atom stereocenters. The van der Waals surface area contributed by atoms with Crippen molar-refractivity contribution in [2.45, 2.75) is 58.3 Å². The highest BCUT2D eigenvalue weighted by Crippen LogP contribution is 2.34. The van der Waals surface area contributed by atoms with Gasteiger partial charge in [-0.1, -0.05) is 12.8 Å². The van der Waals surface area contributed by atoms with E-state index < -0.39 is 23.0 Å². The summed E-state index contributed by atoms with van der Waals surface area (Å²) in [5, 5.41) is 0.288. The first-order valence-corrected chi connectivity index (χ1v) is 17.9. The Morgan fingerprint density at radius 2 is 1.48 bits per heavy atom. The van der Waals surface area contributed by atoms with Crippen molar-refractivity contribution in [1.82, 2.24) is 4.57 Å². The zero-order valence-corrected chi connectivity index (χ0v) is 29.4. The number of methoxy groups -OCH3 is 2. The van der Waals surface area contributed by atoms with Crippen molar-refractivity contribution in [1.29, 1.82) is 0 Å². The highest BCUT2D eigenvalue weighted by Gasteiger charge is 2.38. The zero-order chi connectivity index (χ0) is 35.3. The number of nitrogens with zero attached hydrogens (tertiary/aromatic N) is 3. The zero-order valence-electron chi connectivity index (χ0n) is 29.4. The fourth-order valence-corrected chi connectivity index (χ4v) is 7.72. The van der Waals surface area contributed by atoms with Gasteiger partial charge >= 0.3 is 0 Å². The van der Waals surface area contributed by atoms with Crippen LogP contribution in [0.2, 0.25) is 0 Å². The lowest BCUT2D eigenvalue weighted by atomic mass is 9.85. The van der Waals surface area contributed by atoms with Gasteiger partial charge in [-0.2, -0.15) is 0 Å². The van der Waals surface area contributed by atoms with Crippen LogP contribution in [0.5, 0.6) is 17.2 Å². The average molecular weight is 689 g/mol. The Hall–Kier alpha value is -4.44. The number of rotatable bonds is 15. The Balaban J connectivity index is 1.21. The normalized spacial score (nSPS) is 18.3. The van der Waals surface area contributed by atoms with E-state index in [0.29, 0.717) is 35.1 Å². The van der Waals surface area contributed by atoms with Crippen LogP contribution < -0.4 is 24.5 Å². The minimum absolute atomic E-state index is 0.0165. The van der Waals surface area contributed by atoms with E-state index in [4.69, 9.17) is 14.2 Å². The lowest BCUT2D eigenvalue weighted by molar-refractivity contribution is -0.942. The molecule has 3 aliphatic rings. The number of fused-ring (bicyclic) bond motifs is 4. The van der Waals surface area contributed by atoms with Gasteiger partial charge < -0.3 is 28.2 Å². The van der Waals surface area contributed by atoms with Gasteiger partial charge in [0.05, 0.1) is 58.2 Å². The molecule has 10 heteroatoms. The molecule has 1 aromatic heterocycles. The predicted octanol–water partition coefficient (Wildman–Crippen LogP) is 7.91. The quantitative estimate of drug-likeness (QED) is 0.0938. The second-order valence-corrected chi connectivity index (χ2v) is 13.8. The molecule has 8 nitrogen and oxygen atoms in total. The molecule has 3 aliphatic heterocycles. The Labute approximate surface area is 292 Å². The van der Waals surface area contributed by atoms with Crippen LogP contribution in [0.15, 0.2) is 65.6 Å². The maximum Gasteiger partial charge on any atom is 0.263 e. The van der Waals surface area contributed by atoms with Gasteiger partial charge in [-0.3, -0.25) is 9.59 Å². The predicted molar refractivity (Wildman–Crippen MR) is 192 cm³/mol. The highest BCUT2D eigenvalue weighted by atomic mass is 19.1. The molecule has 0 aliphatic carbocycles. The van der Waals surface area contributed by atoms with Crippen molar-refractivity contribution in [3.8, 4) is 22.9 Å². The monoisotopic (exact) mass is 688 g/mol. The summed E-state index contributed by atoms with van der Waals surface area (Å²) in [6, 6.07) is 13.3. The van der Waals surface area contributed by atoms with Crippen LogP contribution in [-0.2, 0) is 0 Å². The molecule has 266 valence electrons. The maximum absolute atomic E-state index is 14.1. The molecular formula is C40H48F2N3O5+. The van der Waals surface area contributed by atoms with Crippen molar-refractivity contribution in [3.05, 3.63) is 88.2 Å². The third-order valence-corrected chi connectivity index (χ3v) is 10.6. The van der Waals surface area contributed by atoms with Crippen LogP contribution in [-0.4, -0.2) is 68.5 Å². The summed E-state index contributed by atoms with van der Waals surface area (Å²) in [7, 11) is 3.08. The standard InChI is InChI=1S/C40H48F2N3O5/c1-4-43(31-21-29(41)20-30(42)22-31)40(47)37-27-44(32-23-34(48-2)25-35(24-32)49-3)38-26-33(10-11-36(38)39(37)46)50-19-9-7-5-6-8-15-45-16-12-28(13-17-45)14-18-45/h10-11,20-28H,4-9,12-19H2,1-3H3/q+1. The largest absolute Gasteiger partial charge is 0.497 e. The molecule has 3 fully saturated rings. The maximum atomic E-state index is 14.1. The van der Waals surface area contributed by atoms with Crippen molar-refractivity contribution < 1.29 is 32.3 Å². The number of quaternary nitrogens is 1. The average Bonchev–Trinajstić information content (AvgIpc) is 3.13. The number of pyridine rings is 1. The lowest BCUT2D eigenvalue weighted by Gasteiger charge is -2.49. The minimum Gasteiger partial charge on any atom is -0.497 e. The van der Waals surface area contributed by atoms with E-state index in [1.165, 1.54) is 80.3 Å². The van der Waals surface area contributed by atoms with Crippen LogP contribution in [0.4, 0.5) is 14.5 Å². The fourth-order valence-electron chi connectivity index (χ4n) is 7.72. The summed E-state index contributed by atoms with van der Waals surface area (Å²) in [6.07, 6.45) is 11.5. The number of benzene rings is 3. The molecule has 7 rings (SSSR count).